The van der Waals surface area contributed by atoms with Crippen LogP contribution in [0.5, 0.6) is 0 Å². The molecule has 0 spiro atoms. The zero-order valence-corrected chi connectivity index (χ0v) is 8.17. The van der Waals surface area contributed by atoms with Gasteiger partial charge in [-0.05, 0) is 0 Å². The molecule has 0 bridgehead atoms. The summed E-state index contributed by atoms with van der Waals surface area (Å²) >= 11 is 4.50. The van der Waals surface area contributed by atoms with Gasteiger partial charge in [-0.15, -0.1) is 0 Å². The van der Waals surface area contributed by atoms with E-state index in [1.54, 1.807) is 0 Å². The number of hydrogen-bond donors (Lipinski definition) is 0. The van der Waals surface area contributed by atoms with Crippen LogP contribution in [0.15, 0.2) is 0 Å². The molecule has 0 aliphatic rings. The molecule has 0 rings (SSSR count). The smallest absolute Gasteiger partial charge is 0 e. The standard InChI is InChI=1S/GeSe.N.Sb/c1-2;;. The van der Waals surface area contributed by atoms with Crippen LogP contribution in [0.3, 0.4) is 0 Å². The minimum Gasteiger partial charge on any atom is 0 e. The first-order chi connectivity index (χ1) is 1.00. The maximum absolute atomic E-state index is 2.62. The van der Waals surface area contributed by atoms with Gasteiger partial charge in [0.1, 0.15) is 0 Å². The maximum Gasteiger partial charge on any atom is 0 e. The Morgan fingerprint density at radius 1 is 1.25 bits per heavy atom. The predicted octanol–water partition coefficient (Wildman–Crippen LogP) is -1.62. The van der Waals surface area contributed by atoms with Crippen LogP contribution in [0.25, 0.3) is 0 Å². The minimum atomic E-state index is 0. The average Bonchev–Trinajstić information content (AvgIpc) is 1.00. The Hall–Kier alpha value is 1.84. The Kier molecular flexibility index (Phi) is 89.4. The first-order valence-corrected chi connectivity index (χ1v) is 5.51. The molecule has 0 aliphatic carbocycles. The van der Waals surface area contributed by atoms with E-state index in [2.05, 4.69) is 13.5 Å². The molecule has 0 saturated heterocycles. The van der Waals surface area contributed by atoms with E-state index in [1.807, 2.05) is 14.1 Å². The van der Waals surface area contributed by atoms with E-state index >= 15 is 0 Å². The van der Waals surface area contributed by atoms with Crippen molar-refractivity contribution in [2.75, 3.05) is 0 Å². The fourth-order valence-corrected chi connectivity index (χ4v) is 0. The third-order valence-corrected chi connectivity index (χ3v) is 0. The van der Waals surface area contributed by atoms with Crippen molar-refractivity contribution in [1.29, 1.82) is 0 Å². The van der Waals surface area contributed by atoms with Crippen LogP contribution in [0, 0.1) is 0 Å². The molecule has 20 valence electrons. The van der Waals surface area contributed by atoms with Gasteiger partial charge in [0.05, 0.1) is 0 Å². The Balaban J connectivity index is -0.00000000500. The Labute approximate surface area is 57.8 Å². The van der Waals surface area contributed by atoms with Gasteiger partial charge >= 0.3 is 27.7 Å². The largest absolute Gasteiger partial charge is 0 e. The van der Waals surface area contributed by atoms with Crippen LogP contribution in [-0.4, -0.2) is 52.1 Å². The number of rotatable bonds is 0. The summed E-state index contributed by atoms with van der Waals surface area (Å²) in [6, 6.07) is 0. The molecule has 0 atom stereocenters. The van der Waals surface area contributed by atoms with Crippen LogP contribution in [0.2, 0.25) is 0 Å². The second-order valence-corrected chi connectivity index (χ2v) is 0. The molecule has 0 aromatic carbocycles. The molecular formula is GeNSbSe. The van der Waals surface area contributed by atoms with E-state index in [4.69, 9.17) is 0 Å². The molecule has 0 N–H and O–H groups in total. The second kappa shape index (κ2) is 21.1. The molecule has 0 amide bonds. The predicted molar refractivity (Wildman–Crippen MR) is 19.4 cm³/mol. The van der Waals surface area contributed by atoms with Gasteiger partial charge in [-0.25, -0.2) is 0 Å². The molecular weight excluding hydrogens is 287 g/mol. The first-order valence-electron chi connectivity index (χ1n) is 0.204. The van der Waals surface area contributed by atoms with Crippen molar-refractivity contribution in [3.63, 3.8) is 0 Å². The van der Waals surface area contributed by atoms with Crippen LogP contribution in [0.4, 0.5) is 0 Å². The van der Waals surface area contributed by atoms with Crippen LogP contribution in [-0.2, 0) is 0 Å². The van der Waals surface area contributed by atoms with Crippen molar-refractivity contribution in [3.8, 4) is 0 Å². The topological polar surface area (TPSA) is 30.5 Å². The van der Waals surface area contributed by atoms with Gasteiger partial charge in [0, 0.05) is 30.6 Å². The summed E-state index contributed by atoms with van der Waals surface area (Å²) in [4.78, 5) is 0. The van der Waals surface area contributed by atoms with E-state index < -0.39 is 0 Å². The first kappa shape index (κ1) is 17.0. The summed E-state index contributed by atoms with van der Waals surface area (Å²) in [6.07, 6.45) is 0. The van der Waals surface area contributed by atoms with Gasteiger partial charge in [-0.1, -0.05) is 0 Å². The molecule has 0 aromatic rings. The van der Waals surface area contributed by atoms with Gasteiger partial charge in [0.2, 0.25) is 0 Å². The summed E-state index contributed by atoms with van der Waals surface area (Å²) in [7, 11) is 0. The quantitative estimate of drug-likeness (QED) is 0.479. The van der Waals surface area contributed by atoms with E-state index in [0.717, 1.165) is 0 Å². The van der Waals surface area contributed by atoms with Gasteiger partial charge in [-0.2, -0.15) is 0 Å². The van der Waals surface area contributed by atoms with Gasteiger partial charge in [-0.3, -0.25) is 0 Å². The zero-order valence-electron chi connectivity index (χ0n) is 1.80. The molecule has 0 unspecified atom stereocenters. The number of nitrogens with zero attached hydrogens (tertiary/aromatic N) is 1. The fraction of sp³-hybridized carbons (Fsp3) is 0. The summed E-state index contributed by atoms with van der Waals surface area (Å²) in [6.45, 7) is 0. The fourth-order valence-electron chi connectivity index (χ4n) is 0. The molecule has 0 fully saturated rings. The molecule has 4 heavy (non-hydrogen) atoms. The molecule has 0 heterocycles. The summed E-state index contributed by atoms with van der Waals surface area (Å²) in [5.74, 6) is 0. The maximum atomic E-state index is 2.62. The Bertz CT molecular complexity index is 8.00. The summed E-state index contributed by atoms with van der Waals surface area (Å²) in [5, 5.41) is 0. The third kappa shape index (κ3) is 9.15. The van der Waals surface area contributed by atoms with E-state index in [0.29, 0.717) is 0 Å². The van der Waals surface area contributed by atoms with Crippen molar-refractivity contribution in [2.24, 2.45) is 0 Å². The molecule has 8 radical (unpaired) electrons. The SMILES string of the molecule is [Ge]=[Se].[N].[Sb]. The monoisotopic (exact) mass is 289 g/mol. The Morgan fingerprint density at radius 2 is 1.25 bits per heavy atom. The van der Waals surface area contributed by atoms with Crippen LogP contribution >= 0.6 is 0 Å². The van der Waals surface area contributed by atoms with E-state index in [-0.39, 0.29) is 30.6 Å². The molecule has 1 nitrogen and oxygen atoms in total. The molecule has 0 aliphatic heterocycles. The van der Waals surface area contributed by atoms with Crippen LogP contribution in [0.1, 0.15) is 0 Å². The number of hydrogen-bond acceptors (Lipinski definition) is 0. The van der Waals surface area contributed by atoms with Gasteiger partial charge in [0.25, 0.3) is 0 Å². The van der Waals surface area contributed by atoms with Gasteiger partial charge in [0.15, 0.2) is 0 Å². The van der Waals surface area contributed by atoms with Crippen molar-refractivity contribution >= 4 is 52.1 Å². The van der Waals surface area contributed by atoms with Crippen LogP contribution < -0.4 is 6.15 Å². The van der Waals surface area contributed by atoms with Crippen molar-refractivity contribution in [2.45, 2.75) is 0 Å². The van der Waals surface area contributed by atoms with Gasteiger partial charge < -0.3 is 0 Å². The molecule has 0 aromatic heterocycles. The Morgan fingerprint density at radius 3 is 1.25 bits per heavy atom. The summed E-state index contributed by atoms with van der Waals surface area (Å²) in [5.41, 5.74) is 0. The second-order valence-electron chi connectivity index (χ2n) is 0. The minimum absolute atomic E-state index is 0. The van der Waals surface area contributed by atoms with Crippen molar-refractivity contribution in [1.82, 2.24) is 6.15 Å². The zero-order chi connectivity index (χ0) is 2.00. The van der Waals surface area contributed by atoms with E-state index in [1.165, 1.54) is 0 Å². The van der Waals surface area contributed by atoms with Crippen molar-refractivity contribution in [3.05, 3.63) is 0 Å². The normalized spacial score (nSPS) is 1.00. The summed E-state index contributed by atoms with van der Waals surface area (Å²) < 4.78 is 0. The third-order valence-electron chi connectivity index (χ3n) is 0. The molecule has 4 heteroatoms. The van der Waals surface area contributed by atoms with Crippen molar-refractivity contribution < 1.29 is 0 Å². The average molecular weight is 287 g/mol. The molecule has 0 saturated carbocycles. The van der Waals surface area contributed by atoms with E-state index in [9.17, 15) is 0 Å².